The van der Waals surface area contributed by atoms with Gasteiger partial charge >= 0.3 is 0 Å². The van der Waals surface area contributed by atoms with Crippen LogP contribution in [0.4, 0.5) is 0 Å². The minimum atomic E-state index is 0.564. The van der Waals surface area contributed by atoms with E-state index in [1.807, 2.05) is 12.7 Å². The van der Waals surface area contributed by atoms with Crippen molar-refractivity contribution in [2.45, 2.75) is 58.0 Å². The Hall–Kier alpha value is -1.72. The summed E-state index contributed by atoms with van der Waals surface area (Å²) in [6.07, 6.45) is 7.35. The lowest BCUT2D eigenvalue weighted by Crippen LogP contribution is -2.17. The zero-order chi connectivity index (χ0) is 14.4. The maximum Gasteiger partial charge on any atom is 0.136 e. The average molecular weight is 286 g/mol. The third kappa shape index (κ3) is 2.00. The molecule has 0 spiro atoms. The molecule has 4 rings (SSSR count). The van der Waals surface area contributed by atoms with Gasteiger partial charge in [-0.05, 0) is 31.1 Å². The quantitative estimate of drug-likeness (QED) is 0.864. The Morgan fingerprint density at radius 2 is 1.95 bits per heavy atom. The predicted molar refractivity (Wildman–Crippen MR) is 77.7 cm³/mol. The first-order chi connectivity index (χ1) is 10.3. The Balaban J connectivity index is 1.48. The van der Waals surface area contributed by atoms with Gasteiger partial charge in [-0.15, -0.1) is 20.4 Å². The van der Waals surface area contributed by atoms with E-state index < -0.39 is 0 Å². The third-order valence-corrected chi connectivity index (χ3v) is 5.44. The van der Waals surface area contributed by atoms with Crippen molar-refractivity contribution in [3.05, 3.63) is 24.3 Å². The van der Waals surface area contributed by atoms with E-state index in [9.17, 15) is 0 Å². The number of rotatable bonds is 4. The van der Waals surface area contributed by atoms with Crippen molar-refractivity contribution in [2.24, 2.45) is 11.8 Å². The molecule has 112 valence electrons. The Morgan fingerprint density at radius 1 is 1.19 bits per heavy atom. The van der Waals surface area contributed by atoms with Gasteiger partial charge in [0.25, 0.3) is 0 Å². The molecule has 2 aliphatic heterocycles. The summed E-state index contributed by atoms with van der Waals surface area (Å²) < 4.78 is 4.45. The Bertz CT molecular complexity index is 630. The van der Waals surface area contributed by atoms with Crippen LogP contribution in [0.5, 0.6) is 0 Å². The first-order valence-electron chi connectivity index (χ1n) is 8.03. The number of aromatic nitrogens is 6. The summed E-state index contributed by atoms with van der Waals surface area (Å²) >= 11 is 0. The van der Waals surface area contributed by atoms with E-state index in [2.05, 4.69) is 43.4 Å². The summed E-state index contributed by atoms with van der Waals surface area (Å²) in [4.78, 5) is 0. The van der Waals surface area contributed by atoms with Crippen molar-refractivity contribution in [2.75, 3.05) is 0 Å². The second kappa shape index (κ2) is 4.93. The van der Waals surface area contributed by atoms with E-state index >= 15 is 0 Å². The normalized spacial score (nSPS) is 28.6. The van der Waals surface area contributed by atoms with E-state index in [0.29, 0.717) is 23.7 Å². The molecule has 6 heteroatoms. The first-order valence-corrected chi connectivity index (χ1v) is 8.03. The standard InChI is InChI=1S/C15H22N6/c1-3-12-11(7-21-9-17-18-14(12)21)6-10(2)13-4-5-20-8-16-19-15(13)20/h8-13H,3-7H2,1-2H3/t10?,11?,12-,13?/m0/s1. The van der Waals surface area contributed by atoms with E-state index in [-0.39, 0.29) is 0 Å². The molecule has 21 heavy (non-hydrogen) atoms. The number of fused-ring (bicyclic) bond motifs is 2. The first kappa shape index (κ1) is 13.0. The van der Waals surface area contributed by atoms with Crippen LogP contribution in [-0.4, -0.2) is 29.5 Å². The van der Waals surface area contributed by atoms with Crippen LogP contribution < -0.4 is 0 Å². The minimum absolute atomic E-state index is 0.564. The molecule has 0 bridgehead atoms. The fraction of sp³-hybridized carbons (Fsp3) is 0.733. The molecule has 4 atom stereocenters. The van der Waals surface area contributed by atoms with Gasteiger partial charge in [0.2, 0.25) is 0 Å². The summed E-state index contributed by atoms with van der Waals surface area (Å²) in [6, 6.07) is 0. The summed E-state index contributed by atoms with van der Waals surface area (Å²) in [5, 5.41) is 16.7. The van der Waals surface area contributed by atoms with E-state index in [1.54, 1.807) is 0 Å². The third-order valence-electron chi connectivity index (χ3n) is 5.44. The van der Waals surface area contributed by atoms with E-state index in [0.717, 1.165) is 19.5 Å². The van der Waals surface area contributed by atoms with Crippen LogP contribution >= 0.6 is 0 Å². The highest BCUT2D eigenvalue weighted by atomic mass is 15.3. The van der Waals surface area contributed by atoms with Crippen molar-refractivity contribution >= 4 is 0 Å². The molecule has 0 radical (unpaired) electrons. The van der Waals surface area contributed by atoms with Gasteiger partial charge < -0.3 is 9.13 Å². The molecule has 0 saturated carbocycles. The van der Waals surface area contributed by atoms with Gasteiger partial charge in [-0.25, -0.2) is 0 Å². The van der Waals surface area contributed by atoms with E-state index in [1.165, 1.54) is 24.5 Å². The Labute approximate surface area is 124 Å². The fourth-order valence-corrected chi connectivity index (χ4v) is 4.35. The fourth-order valence-electron chi connectivity index (χ4n) is 4.35. The SMILES string of the molecule is CC[C@@H]1c2nncn2CC1CC(C)C1CCn2cnnc21. The van der Waals surface area contributed by atoms with Crippen LogP contribution in [0.2, 0.25) is 0 Å². The van der Waals surface area contributed by atoms with Gasteiger partial charge in [0.1, 0.15) is 24.3 Å². The molecule has 0 amide bonds. The molecule has 3 unspecified atom stereocenters. The highest BCUT2D eigenvalue weighted by molar-refractivity contribution is 5.08. The summed E-state index contributed by atoms with van der Waals surface area (Å²) in [5.74, 6) is 4.84. The van der Waals surface area contributed by atoms with E-state index in [4.69, 9.17) is 0 Å². The molecular formula is C15H22N6. The summed E-state index contributed by atoms with van der Waals surface area (Å²) in [5.41, 5.74) is 0. The lowest BCUT2D eigenvalue weighted by molar-refractivity contribution is 0.298. The predicted octanol–water partition coefficient (Wildman–Crippen LogP) is 2.21. The molecule has 0 aliphatic carbocycles. The molecule has 0 saturated heterocycles. The zero-order valence-electron chi connectivity index (χ0n) is 12.7. The largest absolute Gasteiger partial charge is 0.317 e. The molecule has 4 heterocycles. The second-order valence-corrected chi connectivity index (χ2v) is 6.61. The van der Waals surface area contributed by atoms with Crippen molar-refractivity contribution in [1.82, 2.24) is 29.5 Å². The number of nitrogens with zero attached hydrogens (tertiary/aromatic N) is 6. The van der Waals surface area contributed by atoms with Gasteiger partial charge in [0.05, 0.1) is 0 Å². The van der Waals surface area contributed by atoms with Crippen LogP contribution in [-0.2, 0) is 13.1 Å². The Kier molecular flexibility index (Phi) is 3.05. The van der Waals surface area contributed by atoms with Gasteiger partial charge in [-0.3, -0.25) is 0 Å². The monoisotopic (exact) mass is 286 g/mol. The van der Waals surface area contributed by atoms with Crippen molar-refractivity contribution in [3.63, 3.8) is 0 Å². The maximum absolute atomic E-state index is 4.33. The summed E-state index contributed by atoms with van der Waals surface area (Å²) in [7, 11) is 0. The molecule has 0 aromatic carbocycles. The molecule has 2 aromatic rings. The highest BCUT2D eigenvalue weighted by Crippen LogP contribution is 2.42. The van der Waals surface area contributed by atoms with Crippen molar-refractivity contribution in [1.29, 1.82) is 0 Å². The van der Waals surface area contributed by atoms with Crippen LogP contribution in [0.1, 0.15) is 56.6 Å². The molecule has 2 aliphatic rings. The summed E-state index contributed by atoms with van der Waals surface area (Å²) in [6.45, 7) is 6.79. The molecule has 2 aromatic heterocycles. The van der Waals surface area contributed by atoms with Crippen molar-refractivity contribution in [3.8, 4) is 0 Å². The number of aryl methyl sites for hydroxylation is 1. The smallest absolute Gasteiger partial charge is 0.136 e. The van der Waals surface area contributed by atoms with Gasteiger partial charge in [-0.2, -0.15) is 0 Å². The van der Waals surface area contributed by atoms with Gasteiger partial charge in [0, 0.05) is 24.9 Å². The molecule has 0 N–H and O–H groups in total. The Morgan fingerprint density at radius 3 is 2.76 bits per heavy atom. The lowest BCUT2D eigenvalue weighted by atomic mass is 9.80. The van der Waals surface area contributed by atoms with Crippen LogP contribution in [0.3, 0.4) is 0 Å². The van der Waals surface area contributed by atoms with Crippen LogP contribution in [0.15, 0.2) is 12.7 Å². The minimum Gasteiger partial charge on any atom is -0.317 e. The average Bonchev–Trinajstić information content (AvgIpc) is 3.17. The maximum atomic E-state index is 4.33. The highest BCUT2D eigenvalue weighted by Gasteiger charge is 2.37. The number of hydrogen-bond acceptors (Lipinski definition) is 4. The lowest BCUT2D eigenvalue weighted by Gasteiger charge is -2.24. The zero-order valence-corrected chi connectivity index (χ0v) is 12.7. The van der Waals surface area contributed by atoms with Crippen LogP contribution in [0, 0.1) is 11.8 Å². The van der Waals surface area contributed by atoms with Gasteiger partial charge in [-0.1, -0.05) is 13.8 Å². The number of hydrogen-bond donors (Lipinski definition) is 0. The van der Waals surface area contributed by atoms with Crippen LogP contribution in [0.25, 0.3) is 0 Å². The molecule has 0 fully saturated rings. The second-order valence-electron chi connectivity index (χ2n) is 6.61. The molecule has 6 nitrogen and oxygen atoms in total. The van der Waals surface area contributed by atoms with Crippen molar-refractivity contribution < 1.29 is 0 Å². The van der Waals surface area contributed by atoms with Gasteiger partial charge in [0.15, 0.2) is 0 Å². The topological polar surface area (TPSA) is 61.4 Å². The molecular weight excluding hydrogens is 264 g/mol.